The summed E-state index contributed by atoms with van der Waals surface area (Å²) >= 11 is 5.05. The molecular weight excluding hydrogens is 312 g/mol. The first-order chi connectivity index (χ1) is 8.47. The highest BCUT2D eigenvalue weighted by atomic mass is 79.9. The van der Waals surface area contributed by atoms with E-state index in [4.69, 9.17) is 0 Å². The van der Waals surface area contributed by atoms with Gasteiger partial charge in [-0.05, 0) is 43.7 Å². The van der Waals surface area contributed by atoms with E-state index in [1.165, 1.54) is 0 Å². The molecule has 0 saturated heterocycles. The van der Waals surface area contributed by atoms with Crippen molar-refractivity contribution in [2.45, 2.75) is 29.9 Å². The van der Waals surface area contributed by atoms with Crippen molar-refractivity contribution in [2.24, 2.45) is 7.05 Å². The summed E-state index contributed by atoms with van der Waals surface area (Å²) in [7, 11) is 1.93. The van der Waals surface area contributed by atoms with Crippen LogP contribution in [0.5, 0.6) is 0 Å². The van der Waals surface area contributed by atoms with E-state index in [0.717, 1.165) is 25.7 Å². The van der Waals surface area contributed by atoms with Crippen LogP contribution < -0.4 is 0 Å². The Morgan fingerprint density at radius 1 is 1.39 bits per heavy atom. The minimum absolute atomic E-state index is 0.487. The third-order valence-corrected chi connectivity index (χ3v) is 4.27. The third kappa shape index (κ3) is 2.96. The van der Waals surface area contributed by atoms with Gasteiger partial charge in [0.05, 0.1) is 16.8 Å². The van der Waals surface area contributed by atoms with Crippen molar-refractivity contribution < 1.29 is 5.11 Å². The van der Waals surface area contributed by atoms with E-state index in [0.29, 0.717) is 0 Å². The fraction of sp³-hybridized carbons (Fsp3) is 0.308. The molecule has 1 aromatic carbocycles. The van der Waals surface area contributed by atoms with E-state index in [1.807, 2.05) is 42.9 Å². The number of aliphatic hydroxyl groups is 1. The lowest BCUT2D eigenvalue weighted by atomic mass is 10.1. The third-order valence-electron chi connectivity index (χ3n) is 2.60. The smallest absolute Gasteiger partial charge is 0.0987 e. The molecule has 1 unspecified atom stereocenters. The molecule has 96 valence electrons. The topological polar surface area (TPSA) is 38.0 Å². The zero-order chi connectivity index (χ0) is 13.3. The highest BCUT2D eigenvalue weighted by Crippen LogP contribution is 2.34. The fourth-order valence-electron chi connectivity index (χ4n) is 1.73. The van der Waals surface area contributed by atoms with Gasteiger partial charge in [0.25, 0.3) is 0 Å². The van der Waals surface area contributed by atoms with Crippen LogP contribution in [0.2, 0.25) is 0 Å². The molecule has 18 heavy (non-hydrogen) atoms. The molecule has 1 aromatic heterocycles. The van der Waals surface area contributed by atoms with Crippen LogP contribution in [0.25, 0.3) is 0 Å². The second-order valence-electron chi connectivity index (χ2n) is 4.21. The molecule has 1 heterocycles. The lowest BCUT2D eigenvalue weighted by Gasteiger charge is -2.12. The maximum atomic E-state index is 9.82. The number of halogens is 1. The van der Waals surface area contributed by atoms with E-state index in [2.05, 4.69) is 21.0 Å². The highest BCUT2D eigenvalue weighted by Gasteiger charge is 2.12. The SMILES string of the molecule is Cc1cc(Sc2ccc(Br)cc2C(C)O)n(C)n1. The summed E-state index contributed by atoms with van der Waals surface area (Å²) in [6.07, 6.45) is -0.487. The Kier molecular flexibility index (Phi) is 4.14. The second kappa shape index (κ2) is 5.47. The molecule has 5 heteroatoms. The Labute approximate surface area is 119 Å². The quantitative estimate of drug-likeness (QED) is 0.934. The van der Waals surface area contributed by atoms with Gasteiger partial charge in [0.1, 0.15) is 0 Å². The van der Waals surface area contributed by atoms with Crippen molar-refractivity contribution in [1.29, 1.82) is 0 Å². The van der Waals surface area contributed by atoms with E-state index < -0.39 is 6.10 Å². The molecule has 0 bridgehead atoms. The maximum absolute atomic E-state index is 9.82. The molecule has 0 aliphatic carbocycles. The van der Waals surface area contributed by atoms with Crippen molar-refractivity contribution in [3.8, 4) is 0 Å². The summed E-state index contributed by atoms with van der Waals surface area (Å²) < 4.78 is 2.83. The molecule has 1 atom stereocenters. The number of hydrogen-bond donors (Lipinski definition) is 1. The van der Waals surface area contributed by atoms with Gasteiger partial charge in [-0.25, -0.2) is 0 Å². The summed E-state index contributed by atoms with van der Waals surface area (Å²) in [5.74, 6) is 0. The average Bonchev–Trinajstić information content (AvgIpc) is 2.60. The molecule has 3 nitrogen and oxygen atoms in total. The largest absolute Gasteiger partial charge is 0.389 e. The van der Waals surface area contributed by atoms with Crippen LogP contribution in [0.3, 0.4) is 0 Å². The first-order valence-corrected chi connectivity index (χ1v) is 7.24. The van der Waals surface area contributed by atoms with Crippen LogP contribution in [-0.2, 0) is 7.05 Å². The monoisotopic (exact) mass is 326 g/mol. The van der Waals surface area contributed by atoms with E-state index in [1.54, 1.807) is 18.7 Å². The van der Waals surface area contributed by atoms with Crippen molar-refractivity contribution in [3.63, 3.8) is 0 Å². The van der Waals surface area contributed by atoms with Gasteiger partial charge in [-0.2, -0.15) is 5.10 Å². The Morgan fingerprint density at radius 3 is 2.67 bits per heavy atom. The first-order valence-electron chi connectivity index (χ1n) is 5.63. The Hall–Kier alpha value is -0.780. The van der Waals surface area contributed by atoms with E-state index >= 15 is 0 Å². The van der Waals surface area contributed by atoms with Crippen LogP contribution >= 0.6 is 27.7 Å². The van der Waals surface area contributed by atoms with Gasteiger partial charge in [-0.1, -0.05) is 27.7 Å². The van der Waals surface area contributed by atoms with Crippen LogP contribution in [0, 0.1) is 6.92 Å². The lowest BCUT2D eigenvalue weighted by molar-refractivity contribution is 0.196. The molecule has 0 saturated carbocycles. The first kappa shape index (κ1) is 13.6. The number of hydrogen-bond acceptors (Lipinski definition) is 3. The average molecular weight is 327 g/mol. The lowest BCUT2D eigenvalue weighted by Crippen LogP contribution is -1.96. The molecular formula is C13H15BrN2OS. The van der Waals surface area contributed by atoms with Gasteiger partial charge in [0.2, 0.25) is 0 Å². The molecule has 0 spiro atoms. The summed E-state index contributed by atoms with van der Waals surface area (Å²) in [5.41, 5.74) is 1.92. The Morgan fingerprint density at radius 2 is 2.11 bits per heavy atom. The molecule has 0 fully saturated rings. The van der Waals surface area contributed by atoms with Crippen LogP contribution in [0.1, 0.15) is 24.3 Å². The molecule has 0 aliphatic rings. The molecule has 2 rings (SSSR count). The van der Waals surface area contributed by atoms with Gasteiger partial charge in [0, 0.05) is 16.4 Å². The highest BCUT2D eigenvalue weighted by molar-refractivity contribution is 9.10. The minimum atomic E-state index is -0.487. The predicted molar refractivity (Wildman–Crippen MR) is 76.8 cm³/mol. The fourth-order valence-corrected chi connectivity index (χ4v) is 3.22. The number of aromatic nitrogens is 2. The Balaban J connectivity index is 2.37. The van der Waals surface area contributed by atoms with E-state index in [9.17, 15) is 5.11 Å². The molecule has 2 aromatic rings. The number of benzene rings is 1. The van der Waals surface area contributed by atoms with Crippen LogP contribution in [0.15, 0.2) is 38.7 Å². The van der Waals surface area contributed by atoms with Gasteiger partial charge in [-0.15, -0.1) is 0 Å². The summed E-state index contributed by atoms with van der Waals surface area (Å²) in [6, 6.07) is 7.99. The van der Waals surface area contributed by atoms with Crippen molar-refractivity contribution in [3.05, 3.63) is 40.0 Å². The summed E-state index contributed by atoms with van der Waals surface area (Å²) in [5, 5.41) is 15.2. The zero-order valence-corrected chi connectivity index (χ0v) is 12.9. The van der Waals surface area contributed by atoms with Gasteiger partial charge >= 0.3 is 0 Å². The Bertz CT molecular complexity index is 566. The van der Waals surface area contributed by atoms with Gasteiger partial charge < -0.3 is 5.11 Å². The predicted octanol–water partition coefficient (Wildman–Crippen LogP) is 3.70. The number of rotatable bonds is 3. The maximum Gasteiger partial charge on any atom is 0.0987 e. The van der Waals surface area contributed by atoms with E-state index in [-0.39, 0.29) is 0 Å². The second-order valence-corrected chi connectivity index (χ2v) is 6.19. The summed E-state index contributed by atoms with van der Waals surface area (Å²) in [4.78, 5) is 1.05. The molecule has 0 amide bonds. The molecule has 0 radical (unpaired) electrons. The number of aliphatic hydroxyl groups excluding tert-OH is 1. The number of nitrogens with zero attached hydrogens (tertiary/aromatic N) is 2. The van der Waals surface area contributed by atoms with Gasteiger partial charge in [-0.3, -0.25) is 4.68 Å². The molecule has 0 aliphatic heterocycles. The van der Waals surface area contributed by atoms with Crippen LogP contribution in [-0.4, -0.2) is 14.9 Å². The van der Waals surface area contributed by atoms with Crippen molar-refractivity contribution >= 4 is 27.7 Å². The van der Waals surface area contributed by atoms with Gasteiger partial charge in [0.15, 0.2) is 0 Å². The minimum Gasteiger partial charge on any atom is -0.389 e. The normalized spacial score (nSPS) is 12.7. The zero-order valence-electron chi connectivity index (χ0n) is 10.5. The summed E-state index contributed by atoms with van der Waals surface area (Å²) in [6.45, 7) is 3.75. The van der Waals surface area contributed by atoms with Crippen molar-refractivity contribution in [2.75, 3.05) is 0 Å². The number of aryl methyl sites for hydroxylation is 2. The molecule has 1 N–H and O–H groups in total. The standard InChI is InChI=1S/C13H15BrN2OS/c1-8-6-13(16(3)15-8)18-12-5-4-10(14)7-11(12)9(2)17/h4-7,9,17H,1-3H3. The van der Waals surface area contributed by atoms with Crippen LogP contribution in [0.4, 0.5) is 0 Å². The van der Waals surface area contributed by atoms with Crippen molar-refractivity contribution in [1.82, 2.24) is 9.78 Å².